The fourth-order valence-corrected chi connectivity index (χ4v) is 4.23. The Morgan fingerprint density at radius 3 is 2.81 bits per heavy atom. The molecule has 0 saturated heterocycles. The topological polar surface area (TPSA) is 90.1 Å². The van der Waals surface area contributed by atoms with E-state index in [-0.39, 0.29) is 11.8 Å². The van der Waals surface area contributed by atoms with Gasteiger partial charge in [-0.15, -0.1) is 0 Å². The zero-order valence-corrected chi connectivity index (χ0v) is 16.0. The van der Waals surface area contributed by atoms with Crippen LogP contribution in [-0.4, -0.2) is 22.4 Å². The van der Waals surface area contributed by atoms with Crippen molar-refractivity contribution in [2.24, 2.45) is 5.92 Å². The highest BCUT2D eigenvalue weighted by Gasteiger charge is 2.22. The molecule has 1 aliphatic rings. The summed E-state index contributed by atoms with van der Waals surface area (Å²) in [6, 6.07) is 7.64. The second-order valence-corrected chi connectivity index (χ2v) is 7.64. The van der Waals surface area contributed by atoms with Gasteiger partial charge in [0.15, 0.2) is 5.82 Å². The number of nitrogens with one attached hydrogen (secondary N) is 1. The van der Waals surface area contributed by atoms with E-state index in [1.807, 2.05) is 24.3 Å². The van der Waals surface area contributed by atoms with Crippen molar-refractivity contribution in [2.75, 3.05) is 18.2 Å². The number of anilines is 2. The van der Waals surface area contributed by atoms with Crippen LogP contribution in [-0.2, 0) is 4.79 Å². The van der Waals surface area contributed by atoms with E-state index in [1.165, 1.54) is 18.0 Å². The number of nitrogen functional groups attached to an aromatic ring is 1. The summed E-state index contributed by atoms with van der Waals surface area (Å²) in [5.41, 5.74) is 8.37. The minimum Gasteiger partial charge on any atom is -0.495 e. The summed E-state index contributed by atoms with van der Waals surface area (Å²) < 4.78 is 9.73. The molecule has 4 rings (SSSR count). The predicted molar refractivity (Wildman–Crippen MR) is 109 cm³/mol. The lowest BCUT2D eigenvalue weighted by molar-refractivity contribution is -0.120. The second-order valence-electron chi connectivity index (χ2n) is 6.89. The van der Waals surface area contributed by atoms with Gasteiger partial charge in [0.25, 0.3) is 0 Å². The number of pyridine rings is 1. The number of nitrogens with zero attached hydrogens (tertiary/aromatic N) is 2. The van der Waals surface area contributed by atoms with Crippen LogP contribution in [0, 0.1) is 5.92 Å². The van der Waals surface area contributed by atoms with Crippen molar-refractivity contribution in [3.63, 3.8) is 0 Å². The van der Waals surface area contributed by atoms with E-state index in [0.717, 1.165) is 47.0 Å². The number of carbonyl (C=O) groups excluding carboxylic acids is 1. The molecule has 1 fully saturated rings. The number of rotatable bonds is 4. The average molecular weight is 382 g/mol. The monoisotopic (exact) mass is 382 g/mol. The molecule has 0 radical (unpaired) electrons. The van der Waals surface area contributed by atoms with Crippen LogP contribution >= 0.6 is 11.5 Å². The lowest BCUT2D eigenvalue weighted by Crippen LogP contribution is -2.24. The van der Waals surface area contributed by atoms with E-state index in [9.17, 15) is 4.79 Å². The van der Waals surface area contributed by atoms with Gasteiger partial charge in [0.05, 0.1) is 18.2 Å². The molecule has 140 valence electrons. The number of hydrogen-bond acceptors (Lipinski definition) is 6. The number of fused-ring (bicyclic) bond motifs is 1. The first-order valence-electron chi connectivity index (χ1n) is 9.16. The maximum Gasteiger partial charge on any atom is 0.228 e. The van der Waals surface area contributed by atoms with Gasteiger partial charge in [0, 0.05) is 17.7 Å². The van der Waals surface area contributed by atoms with Gasteiger partial charge in [-0.05, 0) is 48.1 Å². The molecule has 27 heavy (non-hydrogen) atoms. The van der Waals surface area contributed by atoms with Crippen molar-refractivity contribution in [3.8, 4) is 16.9 Å². The smallest absolute Gasteiger partial charge is 0.228 e. The first kappa shape index (κ1) is 17.7. The maximum atomic E-state index is 12.6. The number of ether oxygens (including phenoxy) is 1. The summed E-state index contributed by atoms with van der Waals surface area (Å²) in [4.78, 5) is 17.9. The van der Waals surface area contributed by atoms with Crippen molar-refractivity contribution >= 4 is 39.2 Å². The molecule has 3 N–H and O–H groups in total. The number of nitrogens with two attached hydrogens (primary N) is 1. The van der Waals surface area contributed by atoms with Crippen LogP contribution in [0.3, 0.4) is 0 Å². The third-order valence-corrected chi connectivity index (χ3v) is 5.89. The number of amides is 1. The summed E-state index contributed by atoms with van der Waals surface area (Å²) in [6.45, 7) is 0. The minimum atomic E-state index is 0.0708. The predicted octanol–water partition coefficient (Wildman–Crippen LogP) is 4.47. The highest BCUT2D eigenvalue weighted by molar-refractivity contribution is 7.13. The Labute approximate surface area is 161 Å². The lowest BCUT2D eigenvalue weighted by Gasteiger charge is -2.20. The van der Waals surface area contributed by atoms with Gasteiger partial charge in [-0.3, -0.25) is 4.79 Å². The van der Waals surface area contributed by atoms with Crippen LogP contribution in [0.1, 0.15) is 32.1 Å². The molecule has 2 heterocycles. The van der Waals surface area contributed by atoms with E-state index in [4.69, 9.17) is 10.5 Å². The third kappa shape index (κ3) is 3.60. The average Bonchev–Trinajstić information content (AvgIpc) is 3.11. The molecule has 7 heteroatoms. The van der Waals surface area contributed by atoms with Crippen LogP contribution in [0.5, 0.6) is 5.75 Å². The van der Waals surface area contributed by atoms with Gasteiger partial charge in [-0.2, -0.15) is 4.37 Å². The SMILES string of the molecule is COc1cc(-c2cnc3snc(NC(=O)C4CCCCC4)c3c2)ccc1N. The quantitative estimate of drug-likeness (QED) is 0.650. The molecule has 0 spiro atoms. The molecule has 0 atom stereocenters. The van der Waals surface area contributed by atoms with Crippen molar-refractivity contribution < 1.29 is 9.53 Å². The number of benzene rings is 1. The molecule has 0 unspecified atom stereocenters. The summed E-state index contributed by atoms with van der Waals surface area (Å²) in [5, 5.41) is 3.88. The summed E-state index contributed by atoms with van der Waals surface area (Å²) in [5.74, 6) is 1.39. The van der Waals surface area contributed by atoms with E-state index in [0.29, 0.717) is 17.3 Å². The van der Waals surface area contributed by atoms with Crippen molar-refractivity contribution in [2.45, 2.75) is 32.1 Å². The van der Waals surface area contributed by atoms with E-state index < -0.39 is 0 Å². The molecule has 1 amide bonds. The normalized spacial score (nSPS) is 15.0. The highest BCUT2D eigenvalue weighted by atomic mass is 32.1. The number of methoxy groups -OCH3 is 1. The fraction of sp³-hybridized carbons (Fsp3) is 0.350. The Hall–Kier alpha value is -2.67. The zero-order valence-electron chi connectivity index (χ0n) is 15.2. The van der Waals surface area contributed by atoms with Gasteiger partial charge < -0.3 is 15.8 Å². The summed E-state index contributed by atoms with van der Waals surface area (Å²) in [7, 11) is 1.60. The molecule has 6 nitrogen and oxygen atoms in total. The van der Waals surface area contributed by atoms with Crippen LogP contribution in [0.4, 0.5) is 11.5 Å². The van der Waals surface area contributed by atoms with E-state index >= 15 is 0 Å². The molecule has 1 aliphatic carbocycles. The lowest BCUT2D eigenvalue weighted by atomic mass is 9.89. The van der Waals surface area contributed by atoms with Crippen LogP contribution in [0.2, 0.25) is 0 Å². The standard InChI is InChI=1S/C20H22N4O2S/c1-26-17-10-13(7-8-16(17)21)14-9-15-18(24-27-20(15)22-11-14)23-19(25)12-5-3-2-4-6-12/h7-12H,2-6,21H2,1H3,(H,23,24,25). The minimum absolute atomic E-state index is 0.0708. The molecule has 0 aliphatic heterocycles. The maximum absolute atomic E-state index is 12.6. The molecule has 2 aromatic heterocycles. The van der Waals surface area contributed by atoms with Crippen LogP contribution < -0.4 is 15.8 Å². The summed E-state index contributed by atoms with van der Waals surface area (Å²) in [6.07, 6.45) is 7.20. The zero-order chi connectivity index (χ0) is 18.8. The Kier molecular flexibility index (Phi) is 4.94. The number of carbonyl (C=O) groups is 1. The van der Waals surface area contributed by atoms with Crippen LogP contribution in [0.25, 0.3) is 21.3 Å². The highest BCUT2D eigenvalue weighted by Crippen LogP contribution is 2.33. The molecular formula is C20H22N4O2S. The molecule has 1 aromatic carbocycles. The first-order chi connectivity index (χ1) is 13.2. The van der Waals surface area contributed by atoms with Gasteiger partial charge in [0.1, 0.15) is 10.6 Å². The van der Waals surface area contributed by atoms with Crippen molar-refractivity contribution in [3.05, 3.63) is 30.5 Å². The Bertz CT molecular complexity index is 979. The van der Waals surface area contributed by atoms with Gasteiger partial charge in [-0.1, -0.05) is 25.3 Å². The fourth-order valence-electron chi connectivity index (χ4n) is 3.55. The van der Waals surface area contributed by atoms with Crippen molar-refractivity contribution in [1.82, 2.24) is 9.36 Å². The Morgan fingerprint density at radius 2 is 2.04 bits per heavy atom. The van der Waals surface area contributed by atoms with Gasteiger partial charge in [-0.25, -0.2) is 4.98 Å². The third-order valence-electron chi connectivity index (χ3n) is 5.11. The molecule has 0 bridgehead atoms. The molecule has 1 saturated carbocycles. The number of aromatic nitrogens is 2. The largest absolute Gasteiger partial charge is 0.495 e. The number of hydrogen-bond donors (Lipinski definition) is 2. The van der Waals surface area contributed by atoms with Crippen molar-refractivity contribution in [1.29, 1.82) is 0 Å². The van der Waals surface area contributed by atoms with Crippen LogP contribution in [0.15, 0.2) is 30.5 Å². The Morgan fingerprint density at radius 1 is 1.22 bits per heavy atom. The van der Waals surface area contributed by atoms with E-state index in [1.54, 1.807) is 13.3 Å². The first-order valence-corrected chi connectivity index (χ1v) is 9.93. The van der Waals surface area contributed by atoms with E-state index in [2.05, 4.69) is 14.7 Å². The summed E-state index contributed by atoms with van der Waals surface area (Å²) >= 11 is 1.30. The Balaban J connectivity index is 1.64. The molecular weight excluding hydrogens is 360 g/mol. The van der Waals surface area contributed by atoms with Gasteiger partial charge in [0.2, 0.25) is 5.91 Å². The molecule has 3 aromatic rings. The second kappa shape index (κ2) is 7.52. The van der Waals surface area contributed by atoms with Gasteiger partial charge >= 0.3 is 0 Å².